The summed E-state index contributed by atoms with van der Waals surface area (Å²) in [5.41, 5.74) is 0.829. The Morgan fingerprint density at radius 1 is 1.40 bits per heavy atom. The van der Waals surface area contributed by atoms with Crippen LogP contribution in [-0.2, 0) is 4.79 Å². The quantitative estimate of drug-likeness (QED) is 0.933. The Morgan fingerprint density at radius 2 is 2.05 bits per heavy atom. The Labute approximate surface area is 117 Å². The van der Waals surface area contributed by atoms with E-state index in [2.05, 4.69) is 5.32 Å². The van der Waals surface area contributed by atoms with Crippen molar-refractivity contribution in [2.24, 2.45) is 0 Å². The molecule has 0 fully saturated rings. The minimum atomic E-state index is -0.614. The molecule has 0 aliphatic rings. The highest BCUT2D eigenvalue weighted by Crippen LogP contribution is 2.18. The predicted octanol–water partition coefficient (Wildman–Crippen LogP) is 2.46. The minimum absolute atomic E-state index is 0.189. The number of nitrogens with zero attached hydrogens (tertiary/aromatic N) is 1. The SMILES string of the molecule is CCC(C)(C)NC(=O)[C@@H](C)n1c(=O)oc2ccccc21. The van der Waals surface area contributed by atoms with E-state index in [1.165, 1.54) is 4.57 Å². The number of benzene rings is 1. The van der Waals surface area contributed by atoms with Gasteiger partial charge in [0.2, 0.25) is 5.91 Å². The maximum atomic E-state index is 12.3. The summed E-state index contributed by atoms with van der Waals surface area (Å²) >= 11 is 0. The van der Waals surface area contributed by atoms with Crippen molar-refractivity contribution in [1.29, 1.82) is 0 Å². The van der Waals surface area contributed by atoms with Crippen LogP contribution in [0.15, 0.2) is 33.5 Å². The van der Waals surface area contributed by atoms with Crippen molar-refractivity contribution in [3.8, 4) is 0 Å². The van der Waals surface area contributed by atoms with Gasteiger partial charge in [-0.05, 0) is 39.3 Å². The summed E-state index contributed by atoms with van der Waals surface area (Å²) in [6.07, 6.45) is 0.812. The number of para-hydroxylation sites is 2. The summed E-state index contributed by atoms with van der Waals surface area (Å²) < 4.78 is 6.54. The topological polar surface area (TPSA) is 64.2 Å². The van der Waals surface area contributed by atoms with Crippen molar-refractivity contribution in [3.63, 3.8) is 0 Å². The highest BCUT2D eigenvalue weighted by molar-refractivity contribution is 5.83. The Hall–Kier alpha value is -2.04. The second-order valence-corrected chi connectivity index (χ2v) is 5.61. The van der Waals surface area contributed by atoms with Crippen molar-refractivity contribution < 1.29 is 9.21 Å². The molecule has 5 heteroatoms. The first kappa shape index (κ1) is 14.4. The minimum Gasteiger partial charge on any atom is -0.408 e. The fraction of sp³-hybridized carbons (Fsp3) is 0.467. The first-order chi connectivity index (χ1) is 9.35. The number of amides is 1. The van der Waals surface area contributed by atoms with Gasteiger partial charge in [-0.3, -0.25) is 9.36 Å². The van der Waals surface area contributed by atoms with E-state index in [1.807, 2.05) is 26.8 Å². The van der Waals surface area contributed by atoms with E-state index in [-0.39, 0.29) is 11.4 Å². The number of fused-ring (bicyclic) bond motifs is 1. The molecule has 108 valence electrons. The van der Waals surface area contributed by atoms with E-state index in [0.717, 1.165) is 6.42 Å². The van der Waals surface area contributed by atoms with Gasteiger partial charge in [0.15, 0.2) is 5.58 Å². The molecule has 2 rings (SSSR count). The maximum absolute atomic E-state index is 12.3. The van der Waals surface area contributed by atoms with Crippen LogP contribution in [0, 0.1) is 0 Å². The molecule has 0 radical (unpaired) electrons. The van der Waals surface area contributed by atoms with Crippen LogP contribution in [-0.4, -0.2) is 16.0 Å². The van der Waals surface area contributed by atoms with Crippen LogP contribution >= 0.6 is 0 Å². The molecule has 2 aromatic rings. The van der Waals surface area contributed by atoms with Crippen LogP contribution in [0.5, 0.6) is 0 Å². The molecule has 1 aromatic heterocycles. The van der Waals surface area contributed by atoms with Gasteiger partial charge < -0.3 is 9.73 Å². The summed E-state index contributed by atoms with van der Waals surface area (Å²) in [6.45, 7) is 7.61. The van der Waals surface area contributed by atoms with Crippen LogP contribution in [0.3, 0.4) is 0 Å². The third kappa shape index (κ3) is 2.61. The van der Waals surface area contributed by atoms with E-state index in [9.17, 15) is 9.59 Å². The summed E-state index contributed by atoms with van der Waals surface area (Å²) in [4.78, 5) is 24.2. The lowest BCUT2D eigenvalue weighted by Gasteiger charge is -2.26. The number of rotatable bonds is 4. The molecule has 0 unspecified atom stereocenters. The van der Waals surface area contributed by atoms with E-state index in [1.54, 1.807) is 25.1 Å². The molecular weight excluding hydrogens is 256 g/mol. The average Bonchev–Trinajstić information content (AvgIpc) is 2.73. The zero-order valence-corrected chi connectivity index (χ0v) is 12.3. The van der Waals surface area contributed by atoms with Crippen LogP contribution in [0.4, 0.5) is 0 Å². The summed E-state index contributed by atoms with van der Waals surface area (Å²) in [5, 5.41) is 2.95. The zero-order chi connectivity index (χ0) is 14.9. The van der Waals surface area contributed by atoms with Gasteiger partial charge in [0.05, 0.1) is 5.52 Å². The molecule has 1 amide bonds. The highest BCUT2D eigenvalue weighted by Gasteiger charge is 2.25. The monoisotopic (exact) mass is 276 g/mol. The first-order valence-electron chi connectivity index (χ1n) is 6.78. The molecule has 0 saturated carbocycles. The summed E-state index contributed by atoms with van der Waals surface area (Å²) in [7, 11) is 0. The molecule has 1 aromatic carbocycles. The number of aromatic nitrogens is 1. The maximum Gasteiger partial charge on any atom is 0.420 e. The van der Waals surface area contributed by atoms with Gasteiger partial charge in [-0.25, -0.2) is 4.79 Å². The number of nitrogens with one attached hydrogen (secondary N) is 1. The largest absolute Gasteiger partial charge is 0.420 e. The van der Waals surface area contributed by atoms with Crippen LogP contribution in [0.25, 0.3) is 11.1 Å². The first-order valence-corrected chi connectivity index (χ1v) is 6.78. The van der Waals surface area contributed by atoms with Crippen molar-refractivity contribution in [3.05, 3.63) is 34.8 Å². The highest BCUT2D eigenvalue weighted by atomic mass is 16.4. The van der Waals surface area contributed by atoms with Gasteiger partial charge in [-0.1, -0.05) is 19.1 Å². The fourth-order valence-corrected chi connectivity index (χ4v) is 1.99. The number of hydrogen-bond acceptors (Lipinski definition) is 3. The molecule has 1 heterocycles. The fourth-order valence-electron chi connectivity index (χ4n) is 1.99. The zero-order valence-electron chi connectivity index (χ0n) is 12.3. The van der Waals surface area contributed by atoms with Crippen LogP contribution in [0.2, 0.25) is 0 Å². The molecule has 0 aliphatic carbocycles. The molecular formula is C15H20N2O3. The second-order valence-electron chi connectivity index (χ2n) is 5.61. The standard InChI is InChI=1S/C15H20N2O3/c1-5-15(3,4)16-13(18)10(2)17-11-8-6-7-9-12(11)20-14(17)19/h6-10H,5H2,1-4H3,(H,16,18)/t10-/m1/s1. The lowest BCUT2D eigenvalue weighted by molar-refractivity contribution is -0.125. The summed E-state index contributed by atoms with van der Waals surface area (Å²) in [6, 6.07) is 6.48. The molecule has 0 saturated heterocycles. The van der Waals surface area contributed by atoms with Gasteiger partial charge in [-0.2, -0.15) is 0 Å². The molecule has 0 spiro atoms. The van der Waals surface area contributed by atoms with Gasteiger partial charge in [0.25, 0.3) is 0 Å². The van der Waals surface area contributed by atoms with E-state index < -0.39 is 11.8 Å². The van der Waals surface area contributed by atoms with Gasteiger partial charge in [0.1, 0.15) is 6.04 Å². The second kappa shape index (κ2) is 5.15. The van der Waals surface area contributed by atoms with Crippen molar-refractivity contribution >= 4 is 17.0 Å². The Kier molecular flexibility index (Phi) is 3.70. The summed E-state index contributed by atoms with van der Waals surface area (Å²) in [5.74, 6) is -0.700. The Morgan fingerprint density at radius 3 is 2.70 bits per heavy atom. The van der Waals surface area contributed by atoms with Crippen molar-refractivity contribution in [1.82, 2.24) is 9.88 Å². The Balaban J connectivity index is 2.36. The van der Waals surface area contributed by atoms with E-state index in [4.69, 9.17) is 4.42 Å². The Bertz CT molecular complexity index is 682. The third-order valence-corrected chi connectivity index (χ3v) is 3.63. The predicted molar refractivity (Wildman–Crippen MR) is 77.7 cm³/mol. The lowest BCUT2D eigenvalue weighted by Crippen LogP contribution is -2.46. The van der Waals surface area contributed by atoms with Gasteiger partial charge in [0, 0.05) is 5.54 Å². The third-order valence-electron chi connectivity index (χ3n) is 3.63. The van der Waals surface area contributed by atoms with Crippen LogP contribution < -0.4 is 11.1 Å². The van der Waals surface area contributed by atoms with Crippen molar-refractivity contribution in [2.75, 3.05) is 0 Å². The molecule has 1 atom stereocenters. The molecule has 0 bridgehead atoms. The number of hydrogen-bond donors (Lipinski definition) is 1. The van der Waals surface area contributed by atoms with Crippen molar-refractivity contribution in [2.45, 2.75) is 45.7 Å². The molecule has 0 aliphatic heterocycles. The van der Waals surface area contributed by atoms with E-state index in [0.29, 0.717) is 11.1 Å². The number of oxazole rings is 1. The average molecular weight is 276 g/mol. The van der Waals surface area contributed by atoms with Gasteiger partial charge in [-0.15, -0.1) is 0 Å². The van der Waals surface area contributed by atoms with E-state index >= 15 is 0 Å². The smallest absolute Gasteiger partial charge is 0.408 e. The lowest BCUT2D eigenvalue weighted by atomic mass is 10.0. The molecule has 5 nitrogen and oxygen atoms in total. The molecule has 1 N–H and O–H groups in total. The van der Waals surface area contributed by atoms with Crippen LogP contribution in [0.1, 0.15) is 40.2 Å². The number of carbonyl (C=O) groups excluding carboxylic acids is 1. The normalized spacial score (nSPS) is 13.4. The van der Waals surface area contributed by atoms with Gasteiger partial charge >= 0.3 is 5.76 Å². The molecule has 20 heavy (non-hydrogen) atoms. The number of carbonyl (C=O) groups is 1.